The van der Waals surface area contributed by atoms with Gasteiger partial charge in [0.05, 0.1) is 36.2 Å². The summed E-state index contributed by atoms with van der Waals surface area (Å²) in [6.07, 6.45) is -0.689. The molecule has 5 rings (SSSR count). The van der Waals surface area contributed by atoms with Crippen LogP contribution in [0.1, 0.15) is 40.3 Å². The van der Waals surface area contributed by atoms with Crippen molar-refractivity contribution in [1.29, 1.82) is 0 Å². The molecule has 5 aromatic rings. The largest absolute Gasteiger partial charge is 0.497 e. The summed E-state index contributed by atoms with van der Waals surface area (Å²) in [7, 11) is 1.57. The zero-order chi connectivity index (χ0) is 33.0. The van der Waals surface area contributed by atoms with Crippen molar-refractivity contribution in [2.45, 2.75) is 52.8 Å². The Bertz CT molecular complexity index is 1890. The minimum Gasteiger partial charge on any atom is -0.497 e. The number of nitrogens with one attached hydrogen (secondary N) is 3. The molecule has 0 aliphatic heterocycles. The van der Waals surface area contributed by atoms with E-state index in [1.54, 1.807) is 52.1 Å². The van der Waals surface area contributed by atoms with Crippen LogP contribution in [0.5, 0.6) is 5.75 Å². The average molecular weight is 622 g/mol. The molecule has 10 nitrogen and oxygen atoms in total. The molecule has 0 spiro atoms. The molecule has 238 valence electrons. The van der Waals surface area contributed by atoms with Gasteiger partial charge in [-0.25, -0.2) is 9.78 Å². The fraction of sp³-hybridized carbons (Fsp3) is 0.278. The molecule has 1 atom stereocenters. The van der Waals surface area contributed by atoms with Crippen molar-refractivity contribution in [2.75, 3.05) is 7.11 Å². The van der Waals surface area contributed by atoms with Crippen LogP contribution < -0.4 is 20.9 Å². The number of fused-ring (bicyclic) bond motifs is 1. The quantitative estimate of drug-likeness (QED) is 0.180. The lowest BCUT2D eigenvalue weighted by Gasteiger charge is -2.25. The third-order valence-corrected chi connectivity index (χ3v) is 7.41. The van der Waals surface area contributed by atoms with Crippen LogP contribution in [-0.2, 0) is 16.1 Å². The summed E-state index contributed by atoms with van der Waals surface area (Å²) in [6, 6.07) is 25.7. The van der Waals surface area contributed by atoms with E-state index < -0.39 is 23.6 Å². The number of H-pyrrole nitrogens is 1. The van der Waals surface area contributed by atoms with E-state index in [1.165, 1.54) is 4.52 Å². The third kappa shape index (κ3) is 6.96. The zero-order valence-corrected chi connectivity index (χ0v) is 26.9. The first-order valence-corrected chi connectivity index (χ1v) is 15.2. The number of amides is 2. The van der Waals surface area contributed by atoms with Crippen molar-refractivity contribution in [3.63, 3.8) is 0 Å². The van der Waals surface area contributed by atoms with Crippen molar-refractivity contribution in [1.82, 2.24) is 25.2 Å². The second-order valence-corrected chi connectivity index (χ2v) is 12.3. The summed E-state index contributed by atoms with van der Waals surface area (Å²) in [5.74, 6) is -0.0263. The van der Waals surface area contributed by atoms with Crippen molar-refractivity contribution in [3.05, 3.63) is 101 Å². The number of hydrogen-bond donors (Lipinski definition) is 3. The maximum absolute atomic E-state index is 14.4. The Morgan fingerprint density at radius 2 is 1.46 bits per heavy atom. The Labute approximate surface area is 267 Å². The predicted octanol–water partition coefficient (Wildman–Crippen LogP) is 6.20. The van der Waals surface area contributed by atoms with Crippen molar-refractivity contribution < 1.29 is 19.1 Å². The summed E-state index contributed by atoms with van der Waals surface area (Å²) < 4.78 is 12.2. The minimum atomic E-state index is -0.874. The first-order valence-electron chi connectivity index (χ1n) is 15.2. The molecule has 0 unspecified atom stereocenters. The van der Waals surface area contributed by atoms with Gasteiger partial charge < -0.3 is 20.1 Å². The van der Waals surface area contributed by atoms with Crippen LogP contribution in [-0.4, -0.2) is 45.4 Å². The van der Waals surface area contributed by atoms with Gasteiger partial charge in [-0.1, -0.05) is 86.6 Å². The Balaban J connectivity index is 1.63. The highest BCUT2D eigenvalue weighted by Crippen LogP contribution is 2.35. The molecule has 46 heavy (non-hydrogen) atoms. The first kappa shape index (κ1) is 32.0. The second-order valence-electron chi connectivity index (χ2n) is 12.3. The van der Waals surface area contributed by atoms with E-state index in [2.05, 4.69) is 15.7 Å². The molecular formula is C36H39N5O5. The highest BCUT2D eigenvalue weighted by molar-refractivity contribution is 5.91. The molecule has 2 amide bonds. The topological polar surface area (TPSA) is 127 Å². The third-order valence-electron chi connectivity index (χ3n) is 7.41. The Morgan fingerprint density at radius 1 is 0.870 bits per heavy atom. The number of nitrogens with zero attached hydrogens (tertiary/aromatic N) is 2. The van der Waals surface area contributed by atoms with Gasteiger partial charge >= 0.3 is 6.09 Å². The van der Waals surface area contributed by atoms with Gasteiger partial charge in [-0.3, -0.25) is 14.7 Å². The van der Waals surface area contributed by atoms with Crippen LogP contribution in [0.15, 0.2) is 89.7 Å². The number of rotatable bonds is 9. The molecule has 2 heterocycles. The Kier molecular flexibility index (Phi) is 9.27. The van der Waals surface area contributed by atoms with E-state index in [-0.39, 0.29) is 18.0 Å². The fourth-order valence-electron chi connectivity index (χ4n) is 5.23. The SMILES string of the molecule is COc1ccc(-c2c(CNC(=O)[C@@H](NC(=O)OC(C)(C)C)C(C)C)nc3c(-c4ccccc4)c(-c4ccccc4)[nH]n3c2=O)cc1. The fourth-order valence-corrected chi connectivity index (χ4v) is 5.23. The number of benzene rings is 3. The predicted molar refractivity (Wildman–Crippen MR) is 179 cm³/mol. The van der Waals surface area contributed by atoms with Gasteiger partial charge in [-0.2, -0.15) is 4.52 Å². The summed E-state index contributed by atoms with van der Waals surface area (Å²) in [4.78, 5) is 45.5. The number of carbonyl (C=O) groups is 2. The highest BCUT2D eigenvalue weighted by Gasteiger charge is 2.28. The zero-order valence-electron chi connectivity index (χ0n) is 26.9. The van der Waals surface area contributed by atoms with Crippen LogP contribution >= 0.6 is 0 Å². The lowest BCUT2D eigenvalue weighted by Crippen LogP contribution is -2.50. The van der Waals surface area contributed by atoms with Crippen molar-refractivity contribution in [2.24, 2.45) is 5.92 Å². The van der Waals surface area contributed by atoms with E-state index in [1.807, 2.05) is 74.5 Å². The summed E-state index contributed by atoms with van der Waals surface area (Å²) in [6.45, 7) is 8.87. The van der Waals surface area contributed by atoms with Crippen LogP contribution in [0.2, 0.25) is 0 Å². The van der Waals surface area contributed by atoms with Crippen LogP contribution in [0.25, 0.3) is 39.2 Å². The number of alkyl carbamates (subject to hydrolysis) is 1. The molecule has 0 saturated heterocycles. The average Bonchev–Trinajstić information content (AvgIpc) is 3.42. The summed E-state index contributed by atoms with van der Waals surface area (Å²) in [5.41, 5.74) is 3.94. The van der Waals surface area contributed by atoms with E-state index >= 15 is 0 Å². The molecular weight excluding hydrogens is 582 g/mol. The van der Waals surface area contributed by atoms with Gasteiger partial charge in [0, 0.05) is 5.56 Å². The molecule has 0 aliphatic rings. The molecule has 3 N–H and O–H groups in total. The maximum atomic E-state index is 14.4. The summed E-state index contributed by atoms with van der Waals surface area (Å²) >= 11 is 0. The minimum absolute atomic E-state index is 0.0643. The highest BCUT2D eigenvalue weighted by atomic mass is 16.6. The number of carbonyl (C=O) groups excluding carboxylic acids is 2. The molecule has 3 aromatic carbocycles. The second kappa shape index (κ2) is 13.3. The number of methoxy groups -OCH3 is 1. The van der Waals surface area contributed by atoms with Gasteiger partial charge in [0.25, 0.3) is 5.56 Å². The monoisotopic (exact) mass is 621 g/mol. The standard InChI is InChI=1S/C36H39N5O5/c1-22(2)30(39-35(44)46-36(3,4)5)33(42)37-21-27-28(24-17-19-26(45-6)20-18-24)34(43)41-32(38-27)29(23-13-9-7-10-14-23)31(40-41)25-15-11-8-12-16-25/h7-20,22,30,40H,21H2,1-6H3,(H,37,42)(H,39,44)/t30-/m0/s1. The van der Waals surface area contributed by atoms with Crippen LogP contribution in [0, 0.1) is 5.92 Å². The van der Waals surface area contributed by atoms with E-state index in [9.17, 15) is 14.4 Å². The number of ether oxygens (including phenoxy) is 2. The molecule has 0 bridgehead atoms. The smallest absolute Gasteiger partial charge is 0.408 e. The van der Waals surface area contributed by atoms with Gasteiger partial charge in [0.15, 0.2) is 5.65 Å². The molecule has 0 fully saturated rings. The van der Waals surface area contributed by atoms with Gasteiger partial charge in [0.1, 0.15) is 17.4 Å². The molecule has 0 radical (unpaired) electrons. The lowest BCUT2D eigenvalue weighted by atomic mass is 10.0. The van der Waals surface area contributed by atoms with E-state index in [0.717, 1.165) is 22.4 Å². The Hall–Kier alpha value is -5.38. The van der Waals surface area contributed by atoms with Crippen LogP contribution in [0.4, 0.5) is 4.79 Å². The lowest BCUT2D eigenvalue weighted by molar-refractivity contribution is -0.124. The van der Waals surface area contributed by atoms with E-state index in [4.69, 9.17) is 14.5 Å². The Morgan fingerprint density at radius 3 is 2.02 bits per heavy atom. The number of hydrogen-bond acceptors (Lipinski definition) is 6. The summed E-state index contributed by atoms with van der Waals surface area (Å²) in [5, 5.41) is 8.91. The van der Waals surface area contributed by atoms with Gasteiger partial charge in [0.2, 0.25) is 5.91 Å². The number of aromatic nitrogens is 3. The van der Waals surface area contributed by atoms with Crippen LogP contribution in [0.3, 0.4) is 0 Å². The molecule has 0 saturated carbocycles. The number of aromatic amines is 1. The molecule has 0 aliphatic carbocycles. The van der Waals surface area contributed by atoms with Gasteiger partial charge in [-0.05, 0) is 49.9 Å². The van der Waals surface area contributed by atoms with Crippen molar-refractivity contribution >= 4 is 17.6 Å². The van der Waals surface area contributed by atoms with Crippen molar-refractivity contribution in [3.8, 4) is 39.3 Å². The van der Waals surface area contributed by atoms with E-state index in [0.29, 0.717) is 28.2 Å². The van der Waals surface area contributed by atoms with Gasteiger partial charge in [-0.15, -0.1) is 0 Å². The molecule has 2 aromatic heterocycles. The first-order chi connectivity index (χ1) is 22.0. The maximum Gasteiger partial charge on any atom is 0.408 e. The molecule has 10 heteroatoms. The normalized spacial score (nSPS) is 12.2.